The Balaban J connectivity index is 2.17. The van der Waals surface area contributed by atoms with Crippen LogP contribution in [0.1, 0.15) is 36.2 Å². The SMILES string of the molecule is CCC1(C)Oc2c(C(=O)O)cc(Cl)cc2N(Cc2ccccc2)C1=O. The largest absolute Gasteiger partial charge is 0.478 e. The van der Waals surface area contributed by atoms with Crippen molar-refractivity contribution in [2.75, 3.05) is 4.90 Å². The molecule has 5 nitrogen and oxygen atoms in total. The molecule has 2 aromatic carbocycles. The first-order valence-electron chi connectivity index (χ1n) is 7.97. The van der Waals surface area contributed by atoms with Crippen molar-refractivity contribution in [3.05, 3.63) is 58.6 Å². The van der Waals surface area contributed by atoms with Crippen LogP contribution in [0.5, 0.6) is 5.75 Å². The van der Waals surface area contributed by atoms with E-state index in [9.17, 15) is 14.7 Å². The Bertz CT molecular complexity index is 837. The van der Waals surface area contributed by atoms with Crippen molar-refractivity contribution in [3.8, 4) is 5.75 Å². The van der Waals surface area contributed by atoms with Gasteiger partial charge < -0.3 is 14.7 Å². The van der Waals surface area contributed by atoms with E-state index in [0.717, 1.165) is 5.56 Å². The van der Waals surface area contributed by atoms with Gasteiger partial charge in [0.05, 0.1) is 12.2 Å². The summed E-state index contributed by atoms with van der Waals surface area (Å²) in [5.74, 6) is -1.19. The first kappa shape index (κ1) is 17.3. The van der Waals surface area contributed by atoms with Crippen molar-refractivity contribution < 1.29 is 19.4 Å². The zero-order chi connectivity index (χ0) is 18.2. The lowest BCUT2D eigenvalue weighted by Gasteiger charge is -2.41. The predicted molar refractivity (Wildman–Crippen MR) is 95.4 cm³/mol. The van der Waals surface area contributed by atoms with E-state index < -0.39 is 11.6 Å². The summed E-state index contributed by atoms with van der Waals surface area (Å²) in [5.41, 5.74) is 0.135. The van der Waals surface area contributed by atoms with Gasteiger partial charge in [0.1, 0.15) is 5.56 Å². The van der Waals surface area contributed by atoms with Crippen LogP contribution in [-0.2, 0) is 11.3 Å². The number of aromatic carboxylic acids is 1. The number of halogens is 1. The highest BCUT2D eigenvalue weighted by molar-refractivity contribution is 6.31. The average molecular weight is 360 g/mol. The quantitative estimate of drug-likeness (QED) is 0.891. The maximum absolute atomic E-state index is 13.0. The van der Waals surface area contributed by atoms with E-state index in [0.29, 0.717) is 18.7 Å². The Hall–Kier alpha value is -2.53. The number of carbonyl (C=O) groups excluding carboxylic acids is 1. The monoisotopic (exact) mass is 359 g/mol. The van der Waals surface area contributed by atoms with Crippen molar-refractivity contribution in [1.29, 1.82) is 0 Å². The Morgan fingerprint density at radius 3 is 2.56 bits per heavy atom. The van der Waals surface area contributed by atoms with Crippen LogP contribution in [0.2, 0.25) is 5.02 Å². The summed E-state index contributed by atoms with van der Waals surface area (Å²) in [5, 5.41) is 9.75. The molecule has 0 aliphatic carbocycles. The van der Waals surface area contributed by atoms with E-state index in [1.807, 2.05) is 37.3 Å². The van der Waals surface area contributed by atoms with Crippen LogP contribution in [0.4, 0.5) is 5.69 Å². The second kappa shape index (κ2) is 6.41. The number of fused-ring (bicyclic) bond motifs is 1. The zero-order valence-electron chi connectivity index (χ0n) is 14.0. The zero-order valence-corrected chi connectivity index (χ0v) is 14.7. The van der Waals surface area contributed by atoms with Gasteiger partial charge in [-0.15, -0.1) is 0 Å². The molecule has 0 bridgehead atoms. The third-order valence-corrected chi connectivity index (χ3v) is 4.66. The maximum Gasteiger partial charge on any atom is 0.339 e. The van der Waals surface area contributed by atoms with Crippen LogP contribution in [0.25, 0.3) is 0 Å². The van der Waals surface area contributed by atoms with E-state index in [4.69, 9.17) is 16.3 Å². The van der Waals surface area contributed by atoms with Gasteiger partial charge >= 0.3 is 5.97 Å². The second-order valence-corrected chi connectivity index (χ2v) is 6.61. The number of benzene rings is 2. The van der Waals surface area contributed by atoms with E-state index in [1.165, 1.54) is 6.07 Å². The maximum atomic E-state index is 13.0. The molecule has 1 heterocycles. The highest BCUT2D eigenvalue weighted by atomic mass is 35.5. The van der Waals surface area contributed by atoms with Crippen molar-refractivity contribution in [3.63, 3.8) is 0 Å². The number of hydrogen-bond donors (Lipinski definition) is 1. The fourth-order valence-electron chi connectivity index (χ4n) is 2.86. The topological polar surface area (TPSA) is 66.8 Å². The van der Waals surface area contributed by atoms with Gasteiger partial charge in [0.25, 0.3) is 5.91 Å². The van der Waals surface area contributed by atoms with Crippen LogP contribution in [0, 0.1) is 0 Å². The molecule has 6 heteroatoms. The standard InChI is InChI=1S/C19H18ClNO4/c1-3-19(2)18(24)21(11-12-7-5-4-6-8-12)15-10-13(20)9-14(17(22)23)16(15)25-19/h4-10H,3,11H2,1-2H3,(H,22,23). The minimum absolute atomic E-state index is 0.0484. The molecule has 1 atom stereocenters. The Kier molecular flexibility index (Phi) is 4.43. The number of anilines is 1. The van der Waals surface area contributed by atoms with E-state index in [-0.39, 0.29) is 22.2 Å². The molecule has 1 aliphatic rings. The second-order valence-electron chi connectivity index (χ2n) is 6.17. The smallest absolute Gasteiger partial charge is 0.339 e. The predicted octanol–water partition coefficient (Wildman–Crippen LogP) is 4.13. The number of hydrogen-bond acceptors (Lipinski definition) is 3. The molecule has 0 radical (unpaired) electrons. The van der Waals surface area contributed by atoms with E-state index in [2.05, 4.69) is 0 Å². The molecule has 2 aromatic rings. The Morgan fingerprint density at radius 1 is 1.28 bits per heavy atom. The lowest BCUT2D eigenvalue weighted by molar-refractivity contribution is -0.134. The molecule has 0 fully saturated rings. The minimum atomic E-state index is -1.15. The van der Waals surface area contributed by atoms with Crippen molar-refractivity contribution in [1.82, 2.24) is 0 Å². The lowest BCUT2D eigenvalue weighted by Crippen LogP contribution is -2.54. The lowest BCUT2D eigenvalue weighted by atomic mass is 9.96. The van der Waals surface area contributed by atoms with Gasteiger partial charge in [-0.3, -0.25) is 4.79 Å². The van der Waals surface area contributed by atoms with E-state index in [1.54, 1.807) is 17.9 Å². The summed E-state index contributed by atoms with van der Waals surface area (Å²) in [4.78, 5) is 26.2. The highest BCUT2D eigenvalue weighted by Gasteiger charge is 2.45. The van der Waals surface area contributed by atoms with Crippen molar-refractivity contribution >= 4 is 29.2 Å². The van der Waals surface area contributed by atoms with E-state index >= 15 is 0 Å². The first-order chi connectivity index (χ1) is 11.9. The minimum Gasteiger partial charge on any atom is -0.478 e. The molecule has 0 aromatic heterocycles. The van der Waals surface area contributed by atoms with Gasteiger partial charge in [-0.25, -0.2) is 4.79 Å². The summed E-state index contributed by atoms with van der Waals surface area (Å²) >= 11 is 6.09. The molecule has 0 saturated heterocycles. The molecule has 1 aliphatic heterocycles. The number of rotatable bonds is 4. The van der Waals surface area contributed by atoms with Crippen LogP contribution in [0.3, 0.4) is 0 Å². The number of nitrogens with zero attached hydrogens (tertiary/aromatic N) is 1. The Morgan fingerprint density at radius 2 is 1.96 bits per heavy atom. The number of ether oxygens (including phenoxy) is 1. The van der Waals surface area contributed by atoms with Crippen molar-refractivity contribution in [2.24, 2.45) is 0 Å². The van der Waals surface area contributed by atoms with Crippen LogP contribution in [-0.4, -0.2) is 22.6 Å². The average Bonchev–Trinajstić information content (AvgIpc) is 2.60. The third-order valence-electron chi connectivity index (χ3n) is 4.44. The van der Waals surface area contributed by atoms with Crippen molar-refractivity contribution in [2.45, 2.75) is 32.4 Å². The molecule has 3 rings (SSSR count). The number of carboxylic acids is 1. The molecule has 0 spiro atoms. The molecule has 130 valence electrons. The van der Waals surface area contributed by atoms with Gasteiger partial charge in [-0.2, -0.15) is 0 Å². The first-order valence-corrected chi connectivity index (χ1v) is 8.35. The van der Waals surface area contributed by atoms with Crippen LogP contribution in [0.15, 0.2) is 42.5 Å². The summed E-state index contributed by atoms with van der Waals surface area (Å²) in [7, 11) is 0. The fourth-order valence-corrected chi connectivity index (χ4v) is 3.07. The number of carboxylic acid groups (broad SMARTS) is 1. The highest BCUT2D eigenvalue weighted by Crippen LogP contribution is 2.44. The van der Waals surface area contributed by atoms with Gasteiger partial charge in [0.15, 0.2) is 11.4 Å². The molecule has 1 N–H and O–H groups in total. The van der Waals surface area contributed by atoms with Crippen LogP contribution < -0.4 is 9.64 Å². The third kappa shape index (κ3) is 3.07. The molecular formula is C19H18ClNO4. The summed E-state index contributed by atoms with van der Waals surface area (Å²) < 4.78 is 5.87. The van der Waals surface area contributed by atoms with Gasteiger partial charge in [-0.1, -0.05) is 48.9 Å². The molecule has 0 saturated carbocycles. The van der Waals surface area contributed by atoms with Gasteiger partial charge in [0.2, 0.25) is 0 Å². The molecule has 1 amide bonds. The normalized spacial score (nSPS) is 19.3. The fraction of sp³-hybridized carbons (Fsp3) is 0.263. The Labute approximate surface area is 150 Å². The molecule has 1 unspecified atom stereocenters. The summed E-state index contributed by atoms with van der Waals surface area (Å²) in [6.07, 6.45) is 0.415. The van der Waals surface area contributed by atoms with Gasteiger partial charge in [-0.05, 0) is 31.0 Å². The summed E-state index contributed by atoms with van der Waals surface area (Å²) in [6, 6.07) is 12.4. The summed E-state index contributed by atoms with van der Waals surface area (Å²) in [6.45, 7) is 3.82. The van der Waals surface area contributed by atoms with Gasteiger partial charge in [0, 0.05) is 5.02 Å². The molecular weight excluding hydrogens is 342 g/mol. The molecule has 25 heavy (non-hydrogen) atoms. The number of carbonyl (C=O) groups is 2. The van der Waals surface area contributed by atoms with Crippen LogP contribution >= 0.6 is 11.6 Å². The number of amides is 1.